The Morgan fingerprint density at radius 2 is 2.11 bits per heavy atom. The SMILES string of the molecule is N[C@@H](c1cc([N+](=O)[O-])cc(Br)c1O)C(F)(F)CO. The van der Waals surface area contributed by atoms with Gasteiger partial charge in [-0.25, -0.2) is 8.78 Å². The molecular formula is C9H9BrF2N2O4. The Morgan fingerprint density at radius 3 is 2.56 bits per heavy atom. The van der Waals surface area contributed by atoms with Crippen molar-refractivity contribution in [1.29, 1.82) is 0 Å². The van der Waals surface area contributed by atoms with Crippen molar-refractivity contribution in [2.24, 2.45) is 5.73 Å². The summed E-state index contributed by atoms with van der Waals surface area (Å²) in [5.74, 6) is -4.33. The first-order valence-corrected chi connectivity index (χ1v) is 5.41. The summed E-state index contributed by atoms with van der Waals surface area (Å²) in [5, 5.41) is 28.7. The van der Waals surface area contributed by atoms with Crippen LogP contribution in [0.5, 0.6) is 5.75 Å². The van der Waals surface area contributed by atoms with E-state index in [1.807, 2.05) is 0 Å². The zero-order valence-corrected chi connectivity index (χ0v) is 10.4. The molecule has 100 valence electrons. The Morgan fingerprint density at radius 1 is 1.56 bits per heavy atom. The molecule has 0 spiro atoms. The van der Waals surface area contributed by atoms with Crippen LogP contribution in [-0.2, 0) is 0 Å². The number of nitro groups is 1. The zero-order chi connectivity index (χ0) is 14.1. The fourth-order valence-electron chi connectivity index (χ4n) is 1.27. The molecule has 18 heavy (non-hydrogen) atoms. The minimum Gasteiger partial charge on any atom is -0.506 e. The Kier molecular flexibility index (Phi) is 4.20. The molecule has 1 atom stereocenters. The number of phenolic OH excluding ortho intramolecular Hbond substituents is 1. The lowest BCUT2D eigenvalue weighted by atomic mass is 10.0. The van der Waals surface area contributed by atoms with Gasteiger partial charge in [0.05, 0.1) is 9.40 Å². The van der Waals surface area contributed by atoms with E-state index < -0.39 is 40.5 Å². The lowest BCUT2D eigenvalue weighted by Crippen LogP contribution is -2.36. The quantitative estimate of drug-likeness (QED) is 0.576. The number of nitrogens with zero attached hydrogens (tertiary/aromatic N) is 1. The van der Waals surface area contributed by atoms with Gasteiger partial charge >= 0.3 is 0 Å². The molecule has 6 nitrogen and oxygen atoms in total. The summed E-state index contributed by atoms with van der Waals surface area (Å²) in [5.41, 5.74) is 4.19. The minimum atomic E-state index is -3.70. The Hall–Kier alpha value is -1.32. The number of benzene rings is 1. The molecule has 1 aromatic rings. The first-order valence-electron chi connectivity index (χ1n) is 4.61. The number of aliphatic hydroxyl groups is 1. The van der Waals surface area contributed by atoms with Gasteiger partial charge in [-0.15, -0.1) is 0 Å². The maximum atomic E-state index is 13.2. The summed E-state index contributed by atoms with van der Waals surface area (Å²) in [6.07, 6.45) is 0. The van der Waals surface area contributed by atoms with E-state index in [0.29, 0.717) is 0 Å². The monoisotopic (exact) mass is 326 g/mol. The molecule has 1 rings (SSSR count). The molecule has 1 aromatic carbocycles. The maximum Gasteiger partial charge on any atom is 0.289 e. The second kappa shape index (κ2) is 5.12. The van der Waals surface area contributed by atoms with Gasteiger partial charge < -0.3 is 15.9 Å². The summed E-state index contributed by atoms with van der Waals surface area (Å²) in [6, 6.07) is -0.351. The molecule has 0 bridgehead atoms. The number of hydrogen-bond donors (Lipinski definition) is 3. The molecule has 0 saturated carbocycles. The summed E-state index contributed by atoms with van der Waals surface area (Å²) < 4.78 is 26.3. The predicted octanol–water partition coefficient (Wildman–Crippen LogP) is 1.69. The van der Waals surface area contributed by atoms with Crippen LogP contribution in [0.25, 0.3) is 0 Å². The fourth-order valence-corrected chi connectivity index (χ4v) is 1.74. The van der Waals surface area contributed by atoms with Gasteiger partial charge in [0.1, 0.15) is 18.4 Å². The first kappa shape index (κ1) is 14.7. The molecule has 0 heterocycles. The number of non-ortho nitro benzene ring substituents is 1. The molecule has 0 aliphatic heterocycles. The molecule has 0 aliphatic rings. The molecule has 0 aromatic heterocycles. The third-order valence-electron chi connectivity index (χ3n) is 2.29. The van der Waals surface area contributed by atoms with E-state index >= 15 is 0 Å². The normalized spacial score (nSPS) is 13.4. The number of nitro benzene ring substituents is 1. The Labute approximate surface area is 108 Å². The van der Waals surface area contributed by atoms with Crippen LogP contribution in [0, 0.1) is 10.1 Å². The molecule has 9 heteroatoms. The first-order chi connectivity index (χ1) is 8.20. The van der Waals surface area contributed by atoms with E-state index in [4.69, 9.17) is 10.8 Å². The van der Waals surface area contributed by atoms with Crippen molar-refractivity contribution < 1.29 is 23.9 Å². The lowest BCUT2D eigenvalue weighted by molar-refractivity contribution is -0.385. The third-order valence-corrected chi connectivity index (χ3v) is 2.89. The van der Waals surface area contributed by atoms with Gasteiger partial charge in [0.25, 0.3) is 11.6 Å². The van der Waals surface area contributed by atoms with Crippen molar-refractivity contribution >= 4 is 21.6 Å². The van der Waals surface area contributed by atoms with E-state index in [9.17, 15) is 24.0 Å². The average molecular weight is 327 g/mol. The van der Waals surface area contributed by atoms with Crippen molar-refractivity contribution in [1.82, 2.24) is 0 Å². The van der Waals surface area contributed by atoms with Crippen molar-refractivity contribution in [2.75, 3.05) is 6.61 Å². The second-order valence-corrected chi connectivity index (χ2v) is 4.37. The standard InChI is InChI=1S/C9H9BrF2N2O4/c10-6-2-4(14(17)18)1-5(7(6)16)8(13)9(11,12)3-15/h1-2,8,15-16H,3,13H2/t8-/m0/s1. The summed E-state index contributed by atoms with van der Waals surface area (Å²) >= 11 is 2.80. The summed E-state index contributed by atoms with van der Waals surface area (Å²) in [4.78, 5) is 9.78. The van der Waals surface area contributed by atoms with Gasteiger partial charge in [-0.3, -0.25) is 10.1 Å². The van der Waals surface area contributed by atoms with Gasteiger partial charge in [-0.1, -0.05) is 0 Å². The lowest BCUT2D eigenvalue weighted by Gasteiger charge is -2.22. The van der Waals surface area contributed by atoms with Crippen LogP contribution in [0.2, 0.25) is 0 Å². The molecule has 0 radical (unpaired) electrons. The predicted molar refractivity (Wildman–Crippen MR) is 61.4 cm³/mol. The number of aromatic hydroxyl groups is 1. The second-order valence-electron chi connectivity index (χ2n) is 3.52. The van der Waals surface area contributed by atoms with Crippen molar-refractivity contribution in [2.45, 2.75) is 12.0 Å². The molecule has 0 aliphatic carbocycles. The number of alkyl halides is 2. The van der Waals surface area contributed by atoms with Crippen LogP contribution in [0.3, 0.4) is 0 Å². The van der Waals surface area contributed by atoms with E-state index in [0.717, 1.165) is 12.1 Å². The number of halogens is 3. The maximum absolute atomic E-state index is 13.2. The van der Waals surface area contributed by atoms with E-state index in [1.165, 1.54) is 0 Å². The highest BCUT2D eigenvalue weighted by molar-refractivity contribution is 9.10. The van der Waals surface area contributed by atoms with Gasteiger partial charge in [-0.05, 0) is 15.9 Å². The largest absolute Gasteiger partial charge is 0.506 e. The van der Waals surface area contributed by atoms with E-state index in [-0.39, 0.29) is 4.47 Å². The summed E-state index contributed by atoms with van der Waals surface area (Å²) in [6.45, 7) is -1.53. The number of hydrogen-bond acceptors (Lipinski definition) is 5. The smallest absolute Gasteiger partial charge is 0.289 e. The minimum absolute atomic E-state index is 0.129. The topological polar surface area (TPSA) is 110 Å². The van der Waals surface area contributed by atoms with Gasteiger partial charge in [0, 0.05) is 17.7 Å². The van der Waals surface area contributed by atoms with Crippen LogP contribution in [0.4, 0.5) is 14.5 Å². The van der Waals surface area contributed by atoms with Gasteiger partial charge in [-0.2, -0.15) is 0 Å². The zero-order valence-electron chi connectivity index (χ0n) is 8.81. The number of nitrogens with two attached hydrogens (primary N) is 1. The van der Waals surface area contributed by atoms with Gasteiger partial charge in [0.2, 0.25) is 0 Å². The van der Waals surface area contributed by atoms with Gasteiger partial charge in [0.15, 0.2) is 0 Å². The van der Waals surface area contributed by atoms with E-state index in [1.54, 1.807) is 0 Å². The van der Waals surface area contributed by atoms with Crippen LogP contribution in [0.1, 0.15) is 11.6 Å². The molecular weight excluding hydrogens is 318 g/mol. The number of aliphatic hydroxyl groups excluding tert-OH is 1. The highest BCUT2D eigenvalue weighted by atomic mass is 79.9. The number of phenols is 1. The van der Waals surface area contributed by atoms with Crippen molar-refractivity contribution in [3.05, 3.63) is 32.3 Å². The fraction of sp³-hybridized carbons (Fsp3) is 0.333. The molecule has 0 saturated heterocycles. The van der Waals surface area contributed by atoms with Crippen LogP contribution >= 0.6 is 15.9 Å². The molecule has 0 unspecified atom stereocenters. The molecule has 0 fully saturated rings. The van der Waals surface area contributed by atoms with Crippen molar-refractivity contribution in [3.8, 4) is 5.75 Å². The summed E-state index contributed by atoms with van der Waals surface area (Å²) in [7, 11) is 0. The molecule has 0 amide bonds. The average Bonchev–Trinajstić information content (AvgIpc) is 2.31. The highest BCUT2D eigenvalue weighted by Gasteiger charge is 2.39. The van der Waals surface area contributed by atoms with Crippen LogP contribution in [-0.4, -0.2) is 27.7 Å². The number of rotatable bonds is 4. The Balaban J connectivity index is 3.35. The van der Waals surface area contributed by atoms with E-state index in [2.05, 4.69) is 15.9 Å². The highest BCUT2D eigenvalue weighted by Crippen LogP contribution is 2.40. The van der Waals surface area contributed by atoms with Crippen LogP contribution < -0.4 is 5.73 Å². The third kappa shape index (κ3) is 2.74. The van der Waals surface area contributed by atoms with Crippen molar-refractivity contribution in [3.63, 3.8) is 0 Å². The Bertz CT molecular complexity index is 484. The van der Waals surface area contributed by atoms with Crippen LogP contribution in [0.15, 0.2) is 16.6 Å². The molecule has 4 N–H and O–H groups in total.